The molecule has 0 spiro atoms. The molecule has 1 aliphatic heterocycles. The van der Waals surface area contributed by atoms with E-state index in [1.54, 1.807) is 0 Å². The molecule has 1 heterocycles. The summed E-state index contributed by atoms with van der Waals surface area (Å²) in [5, 5.41) is 0. The molecule has 1 amide bonds. The molecule has 0 aromatic heterocycles. The van der Waals surface area contributed by atoms with E-state index < -0.39 is 0 Å². The van der Waals surface area contributed by atoms with Crippen LogP contribution in [0.25, 0.3) is 0 Å². The van der Waals surface area contributed by atoms with Crippen molar-refractivity contribution in [2.45, 2.75) is 32.4 Å². The maximum atomic E-state index is 12.3. The van der Waals surface area contributed by atoms with Crippen LogP contribution in [0.1, 0.15) is 19.4 Å². The van der Waals surface area contributed by atoms with Crippen molar-refractivity contribution in [3.8, 4) is 0 Å². The molecule has 0 radical (unpaired) electrons. The van der Waals surface area contributed by atoms with E-state index in [-0.39, 0.29) is 18.0 Å². The third kappa shape index (κ3) is 2.86. The molecule has 0 saturated carbocycles. The zero-order valence-electron chi connectivity index (χ0n) is 10.4. The van der Waals surface area contributed by atoms with Crippen LogP contribution in [0.2, 0.25) is 0 Å². The van der Waals surface area contributed by atoms with Crippen molar-refractivity contribution in [2.24, 2.45) is 0 Å². The molecule has 0 bridgehead atoms. The smallest absolute Gasteiger partial charge is 0.227 e. The van der Waals surface area contributed by atoms with Gasteiger partial charge in [-0.25, -0.2) is 0 Å². The molecule has 92 valence electrons. The van der Waals surface area contributed by atoms with Crippen molar-refractivity contribution in [1.82, 2.24) is 4.90 Å². The van der Waals surface area contributed by atoms with Gasteiger partial charge in [-0.15, -0.1) is 0 Å². The molecule has 1 aromatic rings. The fourth-order valence-corrected chi connectivity index (χ4v) is 2.36. The Morgan fingerprint density at radius 1 is 1.24 bits per heavy atom. The first kappa shape index (κ1) is 12.1. The largest absolute Gasteiger partial charge is 0.377 e. The number of morpholine rings is 1. The van der Waals surface area contributed by atoms with Gasteiger partial charge in [0, 0.05) is 0 Å². The third-order valence-corrected chi connectivity index (χ3v) is 3.15. The van der Waals surface area contributed by atoms with Crippen LogP contribution >= 0.6 is 0 Å². The van der Waals surface area contributed by atoms with E-state index in [0.717, 1.165) is 5.56 Å². The van der Waals surface area contributed by atoms with Crippen molar-refractivity contribution in [3.05, 3.63) is 35.9 Å². The van der Waals surface area contributed by atoms with Gasteiger partial charge in [0.2, 0.25) is 5.91 Å². The van der Waals surface area contributed by atoms with Gasteiger partial charge in [-0.3, -0.25) is 4.79 Å². The molecule has 2 atom stereocenters. The summed E-state index contributed by atoms with van der Waals surface area (Å²) in [7, 11) is 0. The molecule has 0 aliphatic carbocycles. The highest BCUT2D eigenvalue weighted by atomic mass is 16.5. The Morgan fingerprint density at radius 3 is 2.41 bits per heavy atom. The number of amides is 1. The van der Waals surface area contributed by atoms with Gasteiger partial charge in [0.15, 0.2) is 0 Å². The highest BCUT2D eigenvalue weighted by molar-refractivity contribution is 5.79. The van der Waals surface area contributed by atoms with Crippen molar-refractivity contribution in [1.29, 1.82) is 0 Å². The Hall–Kier alpha value is -1.35. The molecular weight excluding hydrogens is 214 g/mol. The summed E-state index contributed by atoms with van der Waals surface area (Å²) in [6.45, 7) is 5.37. The van der Waals surface area contributed by atoms with Gasteiger partial charge in [0.05, 0.1) is 31.7 Å². The number of ether oxygens (including phenoxy) is 1. The van der Waals surface area contributed by atoms with E-state index in [4.69, 9.17) is 4.74 Å². The van der Waals surface area contributed by atoms with E-state index in [0.29, 0.717) is 19.6 Å². The van der Waals surface area contributed by atoms with Crippen molar-refractivity contribution in [3.63, 3.8) is 0 Å². The number of hydrogen-bond acceptors (Lipinski definition) is 2. The van der Waals surface area contributed by atoms with Crippen LogP contribution in [-0.2, 0) is 16.0 Å². The van der Waals surface area contributed by atoms with E-state index >= 15 is 0 Å². The molecule has 0 unspecified atom stereocenters. The van der Waals surface area contributed by atoms with Crippen LogP contribution in [0.5, 0.6) is 0 Å². The first-order valence-electron chi connectivity index (χ1n) is 6.11. The molecule has 0 N–H and O–H groups in total. The lowest BCUT2D eigenvalue weighted by Crippen LogP contribution is -2.53. The van der Waals surface area contributed by atoms with Gasteiger partial charge in [0.1, 0.15) is 0 Å². The predicted molar refractivity (Wildman–Crippen MR) is 66.7 cm³/mol. The van der Waals surface area contributed by atoms with Crippen LogP contribution in [-0.4, -0.2) is 36.1 Å². The normalized spacial score (nSPS) is 24.7. The van der Waals surface area contributed by atoms with Crippen LogP contribution in [0.15, 0.2) is 30.3 Å². The lowest BCUT2D eigenvalue weighted by atomic mass is 10.1. The first-order valence-corrected chi connectivity index (χ1v) is 6.11. The Labute approximate surface area is 102 Å². The molecule has 3 nitrogen and oxygen atoms in total. The van der Waals surface area contributed by atoms with Crippen molar-refractivity contribution >= 4 is 5.91 Å². The van der Waals surface area contributed by atoms with Crippen molar-refractivity contribution < 1.29 is 9.53 Å². The number of hydrogen-bond donors (Lipinski definition) is 0. The Morgan fingerprint density at radius 2 is 1.82 bits per heavy atom. The fourth-order valence-electron chi connectivity index (χ4n) is 2.36. The molecule has 3 heteroatoms. The van der Waals surface area contributed by atoms with Gasteiger partial charge in [-0.2, -0.15) is 0 Å². The Balaban J connectivity index is 2.04. The number of benzene rings is 1. The SMILES string of the molecule is C[C@H]1COC[C@H](C)N1C(=O)Cc1ccccc1. The maximum absolute atomic E-state index is 12.3. The van der Waals surface area contributed by atoms with Crippen LogP contribution in [0, 0.1) is 0 Å². The lowest BCUT2D eigenvalue weighted by Gasteiger charge is -2.38. The monoisotopic (exact) mass is 233 g/mol. The van der Waals surface area contributed by atoms with Gasteiger partial charge < -0.3 is 9.64 Å². The zero-order chi connectivity index (χ0) is 12.3. The highest BCUT2D eigenvalue weighted by Gasteiger charge is 2.29. The van der Waals surface area contributed by atoms with Gasteiger partial charge >= 0.3 is 0 Å². The molecule has 1 aliphatic rings. The topological polar surface area (TPSA) is 29.5 Å². The average Bonchev–Trinajstić information content (AvgIpc) is 2.30. The molecule has 1 fully saturated rings. The number of nitrogens with zero attached hydrogens (tertiary/aromatic N) is 1. The second kappa shape index (κ2) is 5.32. The molecule has 2 rings (SSSR count). The summed E-state index contributed by atoms with van der Waals surface area (Å²) in [6, 6.07) is 10.2. The van der Waals surface area contributed by atoms with Crippen LogP contribution in [0.3, 0.4) is 0 Å². The van der Waals surface area contributed by atoms with E-state index in [9.17, 15) is 4.79 Å². The summed E-state index contributed by atoms with van der Waals surface area (Å²) >= 11 is 0. The van der Waals surface area contributed by atoms with E-state index in [2.05, 4.69) is 0 Å². The summed E-state index contributed by atoms with van der Waals surface area (Å²) < 4.78 is 5.43. The average molecular weight is 233 g/mol. The fraction of sp³-hybridized carbons (Fsp3) is 0.500. The second-order valence-electron chi connectivity index (χ2n) is 4.70. The molecule has 17 heavy (non-hydrogen) atoms. The van der Waals surface area contributed by atoms with Crippen LogP contribution in [0.4, 0.5) is 0 Å². The number of carbonyl (C=O) groups excluding carboxylic acids is 1. The quantitative estimate of drug-likeness (QED) is 0.780. The summed E-state index contributed by atoms with van der Waals surface area (Å²) in [4.78, 5) is 14.2. The van der Waals surface area contributed by atoms with Gasteiger partial charge in [-0.05, 0) is 19.4 Å². The minimum absolute atomic E-state index is 0.176. The standard InChI is InChI=1S/C14H19NO2/c1-11-9-17-10-12(2)15(11)14(16)8-13-6-4-3-5-7-13/h3-7,11-12H,8-10H2,1-2H3/t11-,12-/m0/s1. The Kier molecular flexibility index (Phi) is 3.79. The minimum atomic E-state index is 0.176. The Bertz CT molecular complexity index is 367. The van der Waals surface area contributed by atoms with E-state index in [1.165, 1.54) is 0 Å². The van der Waals surface area contributed by atoms with E-state index in [1.807, 2.05) is 49.1 Å². The molecular formula is C14H19NO2. The van der Waals surface area contributed by atoms with Gasteiger partial charge in [-0.1, -0.05) is 30.3 Å². The summed E-state index contributed by atoms with van der Waals surface area (Å²) in [5.74, 6) is 0.194. The first-order chi connectivity index (χ1) is 8.18. The lowest BCUT2D eigenvalue weighted by molar-refractivity contribution is -0.143. The third-order valence-electron chi connectivity index (χ3n) is 3.15. The second-order valence-corrected chi connectivity index (χ2v) is 4.70. The number of carbonyl (C=O) groups is 1. The maximum Gasteiger partial charge on any atom is 0.227 e. The zero-order valence-corrected chi connectivity index (χ0v) is 10.4. The van der Waals surface area contributed by atoms with Crippen molar-refractivity contribution in [2.75, 3.05) is 13.2 Å². The molecule has 1 aromatic carbocycles. The van der Waals surface area contributed by atoms with Gasteiger partial charge in [0.25, 0.3) is 0 Å². The molecule has 1 saturated heterocycles. The van der Waals surface area contributed by atoms with Crippen LogP contribution < -0.4 is 0 Å². The highest BCUT2D eigenvalue weighted by Crippen LogP contribution is 2.15. The minimum Gasteiger partial charge on any atom is -0.377 e. The summed E-state index contributed by atoms with van der Waals surface area (Å²) in [5.41, 5.74) is 1.07. The summed E-state index contributed by atoms with van der Waals surface area (Å²) in [6.07, 6.45) is 0.482. The number of rotatable bonds is 2. The predicted octanol–water partition coefficient (Wildman–Crippen LogP) is 1.86.